The lowest BCUT2D eigenvalue weighted by atomic mass is 10.1. The highest BCUT2D eigenvalue weighted by Gasteiger charge is 2.59. The highest BCUT2D eigenvalue weighted by atomic mass is 31.0. The second-order valence-electron chi connectivity index (χ2n) is 9.25. The number of nitrogens with zero attached hydrogens (tertiary/aromatic N) is 4. The summed E-state index contributed by atoms with van der Waals surface area (Å²) < 4.78 is 95.8. The van der Waals surface area contributed by atoms with Crippen molar-refractivity contribution < 1.29 is 40.6 Å². The lowest BCUT2D eigenvalue weighted by Crippen LogP contribution is -2.54. The number of piperidine rings is 1. The maximum absolute atomic E-state index is 14.7. The Balaban J connectivity index is 1.66. The SMILES string of the molecule is O=C(NC(C(F)(F)F)C(F)(F)P)c1cn(-c2ncc(F)cc2F)c2nc(N3CC4CC4(O)C3)ccc2c1=O. The van der Waals surface area contributed by atoms with E-state index in [0.29, 0.717) is 40.7 Å². The van der Waals surface area contributed by atoms with Gasteiger partial charge in [-0.15, -0.1) is 0 Å². The van der Waals surface area contributed by atoms with Crippen molar-refractivity contribution in [3.63, 3.8) is 0 Å². The van der Waals surface area contributed by atoms with Crippen LogP contribution >= 0.6 is 9.24 Å². The van der Waals surface area contributed by atoms with Gasteiger partial charge in [0.2, 0.25) is 5.43 Å². The Kier molecular flexibility index (Phi) is 5.95. The molecule has 0 spiro atoms. The van der Waals surface area contributed by atoms with Crippen LogP contribution in [0.25, 0.3) is 16.9 Å². The zero-order valence-electron chi connectivity index (χ0n) is 18.9. The van der Waals surface area contributed by atoms with Crippen LogP contribution in [0.5, 0.6) is 0 Å². The summed E-state index contributed by atoms with van der Waals surface area (Å²) in [6, 6.07) is -0.694. The number of aliphatic hydroxyl groups is 1. The molecule has 8 nitrogen and oxygen atoms in total. The Bertz CT molecular complexity index is 1510. The van der Waals surface area contributed by atoms with Gasteiger partial charge in [0.1, 0.15) is 17.2 Å². The number of carbonyl (C=O) groups is 1. The molecular formula is C22H17F7N5O3P. The van der Waals surface area contributed by atoms with Gasteiger partial charge in [0, 0.05) is 31.3 Å². The monoisotopic (exact) mass is 563 g/mol. The molecule has 202 valence electrons. The molecule has 16 heteroatoms. The second kappa shape index (κ2) is 8.60. The molecule has 5 rings (SSSR count). The molecule has 1 aliphatic heterocycles. The fourth-order valence-electron chi connectivity index (χ4n) is 4.51. The molecule has 1 saturated heterocycles. The smallest absolute Gasteiger partial charge is 0.388 e. The van der Waals surface area contributed by atoms with E-state index < -0.39 is 57.8 Å². The van der Waals surface area contributed by atoms with E-state index in [9.17, 15) is 45.4 Å². The van der Waals surface area contributed by atoms with Gasteiger partial charge in [0.05, 0.1) is 17.2 Å². The van der Waals surface area contributed by atoms with E-state index >= 15 is 0 Å². The van der Waals surface area contributed by atoms with Gasteiger partial charge in [0.15, 0.2) is 23.3 Å². The number of aromatic nitrogens is 3. The number of halogens is 7. The molecule has 2 N–H and O–H groups in total. The first-order chi connectivity index (χ1) is 17.6. The Hall–Kier alpha value is -3.32. The highest BCUT2D eigenvalue weighted by molar-refractivity contribution is 7.18. The number of hydrogen-bond acceptors (Lipinski definition) is 6. The minimum absolute atomic E-state index is 0.0147. The Labute approximate surface area is 210 Å². The van der Waals surface area contributed by atoms with Crippen molar-refractivity contribution in [1.29, 1.82) is 0 Å². The van der Waals surface area contributed by atoms with Gasteiger partial charge in [-0.25, -0.2) is 18.7 Å². The first-order valence-corrected chi connectivity index (χ1v) is 11.6. The minimum Gasteiger partial charge on any atom is -0.388 e. The molecule has 4 atom stereocenters. The highest BCUT2D eigenvalue weighted by Crippen LogP contribution is 2.50. The zero-order valence-corrected chi connectivity index (χ0v) is 20.1. The number of hydrogen-bond donors (Lipinski definition) is 2. The number of anilines is 1. The Morgan fingerprint density at radius 3 is 2.53 bits per heavy atom. The van der Waals surface area contributed by atoms with E-state index in [4.69, 9.17) is 0 Å². The number of carbonyl (C=O) groups excluding carboxylic acids is 1. The molecule has 1 aliphatic carbocycles. The van der Waals surface area contributed by atoms with Crippen molar-refractivity contribution in [3.05, 3.63) is 58.0 Å². The van der Waals surface area contributed by atoms with Gasteiger partial charge in [-0.1, -0.05) is 9.24 Å². The largest absolute Gasteiger partial charge is 0.414 e. The summed E-state index contributed by atoms with van der Waals surface area (Å²) in [4.78, 5) is 35.4. The number of fused-ring (bicyclic) bond motifs is 2. The average molecular weight is 563 g/mol. The third kappa shape index (κ3) is 4.57. The van der Waals surface area contributed by atoms with E-state index in [1.165, 1.54) is 12.1 Å². The predicted molar refractivity (Wildman–Crippen MR) is 122 cm³/mol. The van der Waals surface area contributed by atoms with Gasteiger partial charge >= 0.3 is 6.18 Å². The first-order valence-electron chi connectivity index (χ1n) is 11.0. The number of nitrogens with one attached hydrogen (secondary N) is 1. The molecule has 4 unspecified atom stereocenters. The second-order valence-corrected chi connectivity index (χ2v) is 10.0. The van der Waals surface area contributed by atoms with Crippen LogP contribution in [0.2, 0.25) is 0 Å². The molecule has 2 fully saturated rings. The summed E-state index contributed by atoms with van der Waals surface area (Å²) in [5, 5.41) is 11.1. The standard InChI is InChI=1S/C22H17F7N5O3P/c23-10-3-13(24)17(30-5-10)34-7-12(18(36)32-19(21(25,26)27)22(28,29)38)15(35)11-1-2-14(31-16(11)34)33-6-9-4-20(9,37)8-33/h1-3,5,7,9,19,37H,4,6,8,38H2,(H,32,36). The summed E-state index contributed by atoms with van der Waals surface area (Å²) in [5.41, 5.74) is -7.91. The number of β-amino-alcohol motifs (C(OH)–C–C–N with tert-alkyl or cyclic N) is 1. The molecule has 2 aliphatic rings. The van der Waals surface area contributed by atoms with E-state index in [1.807, 2.05) is 0 Å². The van der Waals surface area contributed by atoms with Crippen molar-refractivity contribution in [3.8, 4) is 5.82 Å². The number of rotatable bonds is 5. The van der Waals surface area contributed by atoms with Crippen molar-refractivity contribution in [2.45, 2.75) is 29.9 Å². The van der Waals surface area contributed by atoms with E-state index in [2.05, 4.69) is 9.97 Å². The van der Waals surface area contributed by atoms with Crippen LogP contribution in [0.1, 0.15) is 16.8 Å². The minimum atomic E-state index is -5.58. The first kappa shape index (κ1) is 26.3. The third-order valence-corrected chi connectivity index (χ3v) is 6.85. The van der Waals surface area contributed by atoms with Crippen LogP contribution in [0.4, 0.5) is 36.6 Å². The Morgan fingerprint density at radius 1 is 1.24 bits per heavy atom. The average Bonchev–Trinajstić information content (AvgIpc) is 3.32. The Morgan fingerprint density at radius 2 is 1.95 bits per heavy atom. The molecule has 4 heterocycles. The molecule has 3 aromatic rings. The zero-order chi connectivity index (χ0) is 27.8. The van der Waals surface area contributed by atoms with Crippen molar-refractivity contribution >= 4 is 32.0 Å². The van der Waals surface area contributed by atoms with E-state index in [1.54, 1.807) is 4.90 Å². The van der Waals surface area contributed by atoms with Gasteiger partial charge in [-0.2, -0.15) is 22.0 Å². The topological polar surface area (TPSA) is 100 Å². The molecule has 0 aromatic carbocycles. The van der Waals surface area contributed by atoms with Gasteiger partial charge in [-0.3, -0.25) is 14.2 Å². The van der Waals surface area contributed by atoms with Crippen LogP contribution in [0.3, 0.4) is 0 Å². The number of amides is 1. The van der Waals surface area contributed by atoms with Gasteiger partial charge < -0.3 is 15.3 Å². The lowest BCUT2D eigenvalue weighted by molar-refractivity contribution is -0.188. The van der Waals surface area contributed by atoms with Crippen LogP contribution in [-0.4, -0.2) is 62.1 Å². The van der Waals surface area contributed by atoms with E-state index in [-0.39, 0.29) is 29.3 Å². The van der Waals surface area contributed by atoms with Crippen LogP contribution in [0, 0.1) is 17.6 Å². The molecule has 1 amide bonds. The van der Waals surface area contributed by atoms with Crippen LogP contribution in [0.15, 0.2) is 35.4 Å². The van der Waals surface area contributed by atoms with Gasteiger partial charge in [-0.05, 0) is 18.6 Å². The molecule has 1 saturated carbocycles. The normalized spacial score (nSPS) is 21.9. The molecule has 0 radical (unpaired) electrons. The fourth-order valence-corrected chi connectivity index (χ4v) is 4.79. The van der Waals surface area contributed by atoms with Crippen molar-refractivity contribution in [2.75, 3.05) is 18.0 Å². The van der Waals surface area contributed by atoms with Crippen LogP contribution in [-0.2, 0) is 0 Å². The third-order valence-electron chi connectivity index (χ3n) is 6.51. The summed E-state index contributed by atoms with van der Waals surface area (Å²) in [6.07, 6.45) is -3.76. The van der Waals surface area contributed by atoms with Crippen LogP contribution < -0.4 is 15.6 Å². The molecule has 3 aromatic heterocycles. The fraction of sp³-hybridized carbons (Fsp3) is 0.364. The molecule has 38 heavy (non-hydrogen) atoms. The van der Waals surface area contributed by atoms with E-state index in [0.717, 1.165) is 9.88 Å². The number of pyridine rings is 3. The summed E-state index contributed by atoms with van der Waals surface area (Å²) >= 11 is 0. The summed E-state index contributed by atoms with van der Waals surface area (Å²) in [7, 11) is 0.675. The summed E-state index contributed by atoms with van der Waals surface area (Å²) in [6.45, 7) is 0.664. The molecule has 0 bridgehead atoms. The lowest BCUT2D eigenvalue weighted by Gasteiger charge is -2.26. The summed E-state index contributed by atoms with van der Waals surface area (Å²) in [5.74, 6) is -4.55. The maximum atomic E-state index is 14.7. The molecular weight excluding hydrogens is 546 g/mol. The van der Waals surface area contributed by atoms with Gasteiger partial charge in [0.25, 0.3) is 11.6 Å². The van der Waals surface area contributed by atoms with Crippen molar-refractivity contribution in [2.24, 2.45) is 5.92 Å². The quantitative estimate of drug-likeness (QED) is 0.366. The maximum Gasteiger partial charge on any atom is 0.414 e. The predicted octanol–water partition coefficient (Wildman–Crippen LogP) is 2.76. The van der Waals surface area contributed by atoms with Crippen molar-refractivity contribution in [1.82, 2.24) is 19.9 Å². The number of alkyl halides is 5.